The van der Waals surface area contributed by atoms with Crippen LogP contribution in [0.4, 0.5) is 0 Å². The van der Waals surface area contributed by atoms with Gasteiger partial charge in [-0.05, 0) is 31.0 Å². The number of rotatable bonds is 2. The Morgan fingerprint density at radius 1 is 1.16 bits per heavy atom. The highest BCUT2D eigenvalue weighted by Crippen LogP contribution is 2.22. The lowest BCUT2D eigenvalue weighted by molar-refractivity contribution is 0.0682. The van der Waals surface area contributed by atoms with E-state index in [9.17, 15) is 9.59 Å². The van der Waals surface area contributed by atoms with E-state index in [4.69, 9.17) is 0 Å². The van der Waals surface area contributed by atoms with Crippen LogP contribution in [0.5, 0.6) is 0 Å². The van der Waals surface area contributed by atoms with Crippen LogP contribution in [0.25, 0.3) is 10.9 Å². The SMILES string of the molecule is Cn1nccc1C(=O)N1CCC(n2cnc3ccccc3c2=O)CC1. The molecule has 0 aliphatic carbocycles. The lowest BCUT2D eigenvalue weighted by Gasteiger charge is -2.32. The highest BCUT2D eigenvalue weighted by atomic mass is 16.2. The molecule has 0 saturated carbocycles. The summed E-state index contributed by atoms with van der Waals surface area (Å²) in [6.45, 7) is 1.24. The second-order valence-corrected chi connectivity index (χ2v) is 6.34. The number of benzene rings is 1. The minimum absolute atomic E-state index is 0.0116. The zero-order chi connectivity index (χ0) is 17.4. The van der Waals surface area contributed by atoms with Crippen molar-refractivity contribution < 1.29 is 4.79 Å². The molecule has 0 unspecified atom stereocenters. The highest BCUT2D eigenvalue weighted by molar-refractivity contribution is 5.92. The monoisotopic (exact) mass is 337 g/mol. The zero-order valence-corrected chi connectivity index (χ0v) is 14.0. The van der Waals surface area contributed by atoms with E-state index in [1.807, 2.05) is 29.2 Å². The zero-order valence-electron chi connectivity index (χ0n) is 14.0. The van der Waals surface area contributed by atoms with E-state index in [0.717, 1.165) is 12.8 Å². The number of hydrogen-bond donors (Lipinski definition) is 0. The van der Waals surface area contributed by atoms with E-state index in [2.05, 4.69) is 10.1 Å². The number of amides is 1. The summed E-state index contributed by atoms with van der Waals surface area (Å²) in [4.78, 5) is 31.5. The number of carbonyl (C=O) groups excluding carboxylic acids is 1. The van der Waals surface area contributed by atoms with E-state index in [1.165, 1.54) is 0 Å². The minimum atomic E-state index is -0.0120. The summed E-state index contributed by atoms with van der Waals surface area (Å²) < 4.78 is 3.31. The van der Waals surface area contributed by atoms with Gasteiger partial charge in [0.05, 0.1) is 17.2 Å². The molecule has 128 valence electrons. The van der Waals surface area contributed by atoms with Crippen LogP contribution in [-0.2, 0) is 7.05 Å². The number of carbonyl (C=O) groups is 1. The van der Waals surface area contributed by atoms with Crippen LogP contribution in [0.3, 0.4) is 0 Å². The van der Waals surface area contributed by atoms with Crippen molar-refractivity contribution in [3.8, 4) is 0 Å². The van der Waals surface area contributed by atoms with Gasteiger partial charge in [0.2, 0.25) is 0 Å². The molecule has 1 aromatic carbocycles. The van der Waals surface area contributed by atoms with Gasteiger partial charge in [-0.1, -0.05) is 12.1 Å². The molecule has 1 aliphatic heterocycles. The largest absolute Gasteiger partial charge is 0.337 e. The molecule has 3 heterocycles. The molecule has 4 rings (SSSR count). The van der Waals surface area contributed by atoms with Gasteiger partial charge in [-0.2, -0.15) is 5.10 Å². The number of hydrogen-bond acceptors (Lipinski definition) is 4. The Morgan fingerprint density at radius 3 is 2.64 bits per heavy atom. The lowest BCUT2D eigenvalue weighted by atomic mass is 10.0. The average molecular weight is 337 g/mol. The summed E-state index contributed by atoms with van der Waals surface area (Å²) in [6, 6.07) is 9.18. The Hall–Kier alpha value is -2.96. The predicted molar refractivity (Wildman–Crippen MR) is 93.4 cm³/mol. The smallest absolute Gasteiger partial charge is 0.272 e. The fourth-order valence-electron chi connectivity index (χ4n) is 3.44. The third-order valence-electron chi connectivity index (χ3n) is 4.88. The third kappa shape index (κ3) is 2.71. The maximum atomic E-state index is 12.7. The molecule has 1 fully saturated rings. The summed E-state index contributed by atoms with van der Waals surface area (Å²) in [5.74, 6) is -0.0116. The minimum Gasteiger partial charge on any atom is -0.337 e. The van der Waals surface area contributed by atoms with Crippen molar-refractivity contribution in [3.05, 3.63) is 58.9 Å². The van der Waals surface area contributed by atoms with E-state index in [0.29, 0.717) is 29.7 Å². The second-order valence-electron chi connectivity index (χ2n) is 6.34. The van der Waals surface area contributed by atoms with E-state index in [1.54, 1.807) is 34.9 Å². The molecule has 0 N–H and O–H groups in total. The summed E-state index contributed by atoms with van der Waals surface area (Å²) in [6.07, 6.45) is 4.74. The Morgan fingerprint density at radius 2 is 1.92 bits per heavy atom. The number of aryl methyl sites for hydroxylation is 1. The van der Waals surface area contributed by atoms with E-state index in [-0.39, 0.29) is 17.5 Å². The van der Waals surface area contributed by atoms with Gasteiger partial charge >= 0.3 is 0 Å². The maximum Gasteiger partial charge on any atom is 0.272 e. The first-order valence-corrected chi connectivity index (χ1v) is 8.38. The first kappa shape index (κ1) is 15.6. The summed E-state index contributed by atoms with van der Waals surface area (Å²) in [5, 5.41) is 4.69. The van der Waals surface area contributed by atoms with Gasteiger partial charge in [0.1, 0.15) is 5.69 Å². The average Bonchev–Trinajstić information content (AvgIpc) is 3.08. The fraction of sp³-hybridized carbons (Fsp3) is 0.333. The quantitative estimate of drug-likeness (QED) is 0.712. The number of aromatic nitrogens is 4. The van der Waals surface area contributed by atoms with Crippen molar-refractivity contribution in [3.63, 3.8) is 0 Å². The Bertz CT molecular complexity index is 982. The van der Waals surface area contributed by atoms with Gasteiger partial charge in [-0.15, -0.1) is 0 Å². The van der Waals surface area contributed by atoms with Crippen molar-refractivity contribution in [2.45, 2.75) is 18.9 Å². The molecule has 1 saturated heterocycles. The molecule has 1 aliphatic rings. The van der Waals surface area contributed by atoms with Gasteiger partial charge in [0.25, 0.3) is 11.5 Å². The summed E-state index contributed by atoms with van der Waals surface area (Å²) >= 11 is 0. The number of likely N-dealkylation sites (tertiary alicyclic amines) is 1. The van der Waals surface area contributed by atoms with Crippen molar-refractivity contribution in [2.24, 2.45) is 7.05 Å². The standard InChI is InChI=1S/C18H19N5O2/c1-21-16(6-9-20-21)18(25)22-10-7-13(8-11-22)23-12-19-15-5-3-2-4-14(15)17(23)24/h2-6,9,12-13H,7-8,10-11H2,1H3. The van der Waals surface area contributed by atoms with Gasteiger partial charge in [0, 0.05) is 32.4 Å². The van der Waals surface area contributed by atoms with Crippen molar-refractivity contribution >= 4 is 16.8 Å². The molecule has 0 spiro atoms. The molecule has 25 heavy (non-hydrogen) atoms. The van der Waals surface area contributed by atoms with Crippen molar-refractivity contribution in [1.29, 1.82) is 0 Å². The molecule has 3 aromatic rings. The summed E-state index contributed by atoms with van der Waals surface area (Å²) in [5.41, 5.74) is 1.29. The lowest BCUT2D eigenvalue weighted by Crippen LogP contribution is -2.41. The van der Waals surface area contributed by atoms with Crippen LogP contribution in [0, 0.1) is 0 Å². The molecule has 0 radical (unpaired) electrons. The topological polar surface area (TPSA) is 73.0 Å². The Balaban J connectivity index is 1.53. The molecule has 7 heteroatoms. The second kappa shape index (κ2) is 6.16. The molecule has 0 bridgehead atoms. The number of para-hydroxylation sites is 1. The van der Waals surface area contributed by atoms with Crippen LogP contribution in [0.15, 0.2) is 47.7 Å². The predicted octanol–water partition coefficient (Wildman–Crippen LogP) is 1.61. The number of fused-ring (bicyclic) bond motifs is 1. The Kier molecular flexibility index (Phi) is 3.83. The van der Waals surface area contributed by atoms with Crippen LogP contribution >= 0.6 is 0 Å². The maximum absolute atomic E-state index is 12.7. The van der Waals surface area contributed by atoms with Gasteiger partial charge in [-0.25, -0.2) is 4.98 Å². The van der Waals surface area contributed by atoms with Crippen molar-refractivity contribution in [1.82, 2.24) is 24.2 Å². The Labute approximate surface area is 144 Å². The first-order valence-electron chi connectivity index (χ1n) is 8.38. The third-order valence-corrected chi connectivity index (χ3v) is 4.88. The molecular weight excluding hydrogens is 318 g/mol. The number of nitrogens with zero attached hydrogens (tertiary/aromatic N) is 5. The van der Waals surface area contributed by atoms with Crippen molar-refractivity contribution in [2.75, 3.05) is 13.1 Å². The van der Waals surface area contributed by atoms with Gasteiger partial charge < -0.3 is 4.90 Å². The van der Waals surface area contributed by atoms with Gasteiger partial charge in [0.15, 0.2) is 0 Å². The molecule has 1 amide bonds. The molecule has 7 nitrogen and oxygen atoms in total. The normalized spacial score (nSPS) is 15.6. The highest BCUT2D eigenvalue weighted by Gasteiger charge is 2.26. The van der Waals surface area contributed by atoms with Gasteiger partial charge in [-0.3, -0.25) is 18.8 Å². The molecule has 2 aromatic heterocycles. The molecular formula is C18H19N5O2. The fourth-order valence-corrected chi connectivity index (χ4v) is 3.44. The van der Waals surface area contributed by atoms with Crippen LogP contribution in [0.1, 0.15) is 29.4 Å². The number of piperidine rings is 1. The van der Waals surface area contributed by atoms with E-state index < -0.39 is 0 Å². The van der Waals surface area contributed by atoms with E-state index >= 15 is 0 Å². The van der Waals surface area contributed by atoms with Crippen LogP contribution < -0.4 is 5.56 Å². The van der Waals surface area contributed by atoms with Crippen LogP contribution in [-0.4, -0.2) is 43.2 Å². The van der Waals surface area contributed by atoms with Crippen LogP contribution in [0.2, 0.25) is 0 Å². The summed E-state index contributed by atoms with van der Waals surface area (Å²) in [7, 11) is 1.76. The molecule has 0 atom stereocenters. The first-order chi connectivity index (χ1) is 12.1.